The maximum Gasteiger partial charge on any atom is 0.123 e. The predicted octanol–water partition coefficient (Wildman–Crippen LogP) is 4.62. The summed E-state index contributed by atoms with van der Waals surface area (Å²) in [5, 5.41) is 1.04. The lowest BCUT2D eigenvalue weighted by molar-refractivity contribution is 0.215. The third kappa shape index (κ3) is 3.47. The van der Waals surface area contributed by atoms with E-state index >= 15 is 0 Å². The van der Waals surface area contributed by atoms with Crippen LogP contribution in [0.5, 0.6) is 0 Å². The molecule has 0 bridgehead atoms. The summed E-state index contributed by atoms with van der Waals surface area (Å²) in [6, 6.07) is 11.2. The van der Waals surface area contributed by atoms with Crippen molar-refractivity contribution >= 4 is 16.6 Å². The van der Waals surface area contributed by atoms with E-state index in [1.54, 1.807) is 6.07 Å². The number of aromatic amines is 1. The summed E-state index contributed by atoms with van der Waals surface area (Å²) in [6.07, 6.45) is 5.36. The molecule has 26 heavy (non-hydrogen) atoms. The molecule has 136 valence electrons. The van der Waals surface area contributed by atoms with E-state index in [2.05, 4.69) is 35.1 Å². The van der Waals surface area contributed by atoms with Crippen molar-refractivity contribution in [3.63, 3.8) is 0 Å². The molecule has 1 aromatic heterocycles. The smallest absolute Gasteiger partial charge is 0.123 e. The number of nitrogens with two attached hydrogens (primary N) is 1. The molecular weight excluding hydrogens is 325 g/mol. The Morgan fingerprint density at radius 1 is 1.15 bits per heavy atom. The third-order valence-electron chi connectivity index (χ3n) is 5.77. The van der Waals surface area contributed by atoms with Crippen molar-refractivity contribution in [3.8, 4) is 0 Å². The molecule has 3 N–H and O–H groups in total. The third-order valence-corrected chi connectivity index (χ3v) is 5.77. The number of nitrogens with one attached hydrogen (secondary N) is 1. The van der Waals surface area contributed by atoms with Gasteiger partial charge >= 0.3 is 0 Å². The number of hydrogen-bond acceptors (Lipinski definition) is 2. The summed E-state index contributed by atoms with van der Waals surface area (Å²) in [4.78, 5) is 5.83. The Hall–Kier alpha value is -2.33. The van der Waals surface area contributed by atoms with E-state index < -0.39 is 0 Å². The number of piperidine rings is 1. The van der Waals surface area contributed by atoms with E-state index in [9.17, 15) is 4.39 Å². The fourth-order valence-electron chi connectivity index (χ4n) is 4.16. The van der Waals surface area contributed by atoms with Crippen molar-refractivity contribution in [2.24, 2.45) is 0 Å². The van der Waals surface area contributed by atoms with E-state index in [0.29, 0.717) is 5.92 Å². The fourth-order valence-corrected chi connectivity index (χ4v) is 4.16. The minimum atomic E-state index is -0.159. The van der Waals surface area contributed by atoms with Gasteiger partial charge < -0.3 is 15.6 Å². The van der Waals surface area contributed by atoms with Gasteiger partial charge in [0.2, 0.25) is 0 Å². The van der Waals surface area contributed by atoms with Crippen molar-refractivity contribution in [1.29, 1.82) is 0 Å². The summed E-state index contributed by atoms with van der Waals surface area (Å²) >= 11 is 0. The second kappa shape index (κ2) is 7.12. The van der Waals surface area contributed by atoms with Gasteiger partial charge in [0.25, 0.3) is 0 Å². The molecule has 2 heterocycles. The number of benzene rings is 2. The van der Waals surface area contributed by atoms with E-state index in [4.69, 9.17) is 5.73 Å². The van der Waals surface area contributed by atoms with Crippen LogP contribution in [0.4, 0.5) is 10.1 Å². The van der Waals surface area contributed by atoms with Crippen LogP contribution in [-0.4, -0.2) is 29.5 Å². The Labute approximate surface area is 154 Å². The molecule has 0 amide bonds. The van der Waals surface area contributed by atoms with E-state index in [0.717, 1.165) is 55.5 Å². The SMILES string of the molecule is Cc1ccc(N)cc1CCN1CCC(c2c[nH]c3ccc(F)cc23)CC1. The van der Waals surface area contributed by atoms with E-state index in [1.165, 1.54) is 22.8 Å². The van der Waals surface area contributed by atoms with Crippen LogP contribution in [0.2, 0.25) is 0 Å². The lowest BCUT2D eigenvalue weighted by Crippen LogP contribution is -2.34. The molecule has 3 nitrogen and oxygen atoms in total. The van der Waals surface area contributed by atoms with Crippen molar-refractivity contribution < 1.29 is 4.39 Å². The zero-order valence-electron chi connectivity index (χ0n) is 15.3. The molecule has 0 unspecified atom stereocenters. The van der Waals surface area contributed by atoms with Crippen molar-refractivity contribution in [1.82, 2.24) is 9.88 Å². The number of H-pyrrole nitrogens is 1. The first-order valence-electron chi connectivity index (χ1n) is 9.44. The number of rotatable bonds is 4. The van der Waals surface area contributed by atoms with E-state index in [-0.39, 0.29) is 5.82 Å². The lowest BCUT2D eigenvalue weighted by atomic mass is 9.89. The topological polar surface area (TPSA) is 45.0 Å². The van der Waals surface area contributed by atoms with Crippen LogP contribution in [0.3, 0.4) is 0 Å². The second-order valence-corrected chi connectivity index (χ2v) is 7.49. The average molecular weight is 351 g/mol. The first-order chi connectivity index (χ1) is 12.6. The van der Waals surface area contributed by atoms with E-state index in [1.807, 2.05) is 12.1 Å². The Morgan fingerprint density at radius 2 is 1.96 bits per heavy atom. The number of aryl methyl sites for hydroxylation is 1. The highest BCUT2D eigenvalue weighted by molar-refractivity contribution is 5.83. The Bertz CT molecular complexity index is 907. The van der Waals surface area contributed by atoms with Crippen LogP contribution < -0.4 is 5.73 Å². The van der Waals surface area contributed by atoms with Crippen molar-refractivity contribution in [2.75, 3.05) is 25.4 Å². The van der Waals surface area contributed by atoms with Gasteiger partial charge in [-0.25, -0.2) is 4.39 Å². The molecule has 2 aromatic carbocycles. The molecule has 0 aliphatic carbocycles. The van der Waals surface area contributed by atoms with Gasteiger partial charge in [0, 0.05) is 29.3 Å². The van der Waals surface area contributed by atoms with Crippen LogP contribution >= 0.6 is 0 Å². The van der Waals surface area contributed by atoms with Crippen LogP contribution in [-0.2, 0) is 6.42 Å². The number of halogens is 1. The summed E-state index contributed by atoms with van der Waals surface area (Å²) in [5.41, 5.74) is 11.7. The zero-order chi connectivity index (χ0) is 18.1. The highest BCUT2D eigenvalue weighted by atomic mass is 19.1. The minimum absolute atomic E-state index is 0.159. The Balaban J connectivity index is 1.38. The normalized spacial score (nSPS) is 16.4. The van der Waals surface area contributed by atoms with Gasteiger partial charge in [-0.2, -0.15) is 0 Å². The quantitative estimate of drug-likeness (QED) is 0.674. The number of fused-ring (bicyclic) bond motifs is 1. The van der Waals surface area contributed by atoms with Gasteiger partial charge in [0.05, 0.1) is 0 Å². The molecule has 1 aliphatic rings. The Morgan fingerprint density at radius 3 is 2.77 bits per heavy atom. The largest absolute Gasteiger partial charge is 0.399 e. The highest BCUT2D eigenvalue weighted by Gasteiger charge is 2.22. The standard InChI is InChI=1S/C22H26FN3/c1-15-2-4-19(24)12-17(15)8-11-26-9-6-16(7-10-26)21-14-25-22-5-3-18(23)13-20(21)22/h2-5,12-14,16,25H,6-11,24H2,1H3. The summed E-state index contributed by atoms with van der Waals surface area (Å²) in [5.74, 6) is 0.351. The molecule has 0 saturated carbocycles. The number of nitrogen functional groups attached to an aromatic ring is 1. The van der Waals surface area contributed by atoms with Crippen LogP contribution in [0.25, 0.3) is 10.9 Å². The number of nitrogens with zero attached hydrogens (tertiary/aromatic N) is 1. The van der Waals surface area contributed by atoms with Gasteiger partial charge in [0.1, 0.15) is 5.82 Å². The number of hydrogen-bond donors (Lipinski definition) is 2. The predicted molar refractivity (Wildman–Crippen MR) is 106 cm³/mol. The van der Waals surface area contributed by atoms with Gasteiger partial charge in [0.15, 0.2) is 0 Å². The van der Waals surface area contributed by atoms with Gasteiger partial charge in [-0.05, 0) is 92.2 Å². The number of anilines is 1. The lowest BCUT2D eigenvalue weighted by Gasteiger charge is -2.32. The van der Waals surface area contributed by atoms with Crippen LogP contribution in [0.1, 0.15) is 35.4 Å². The summed E-state index contributed by atoms with van der Waals surface area (Å²) < 4.78 is 13.6. The Kier molecular flexibility index (Phi) is 4.68. The summed E-state index contributed by atoms with van der Waals surface area (Å²) in [7, 11) is 0. The molecule has 0 radical (unpaired) electrons. The molecule has 4 rings (SSSR count). The molecule has 3 aromatic rings. The molecule has 1 saturated heterocycles. The van der Waals surface area contributed by atoms with Crippen LogP contribution in [0, 0.1) is 12.7 Å². The molecule has 0 spiro atoms. The summed E-state index contributed by atoms with van der Waals surface area (Å²) in [6.45, 7) is 5.40. The molecule has 1 fully saturated rings. The number of aromatic nitrogens is 1. The molecule has 1 aliphatic heterocycles. The van der Waals surface area contributed by atoms with Gasteiger partial charge in [-0.3, -0.25) is 0 Å². The molecule has 4 heteroatoms. The van der Waals surface area contributed by atoms with Crippen molar-refractivity contribution in [3.05, 3.63) is 65.1 Å². The van der Waals surface area contributed by atoms with Gasteiger partial charge in [-0.1, -0.05) is 6.07 Å². The van der Waals surface area contributed by atoms with Gasteiger partial charge in [-0.15, -0.1) is 0 Å². The van der Waals surface area contributed by atoms with Crippen LogP contribution in [0.15, 0.2) is 42.6 Å². The zero-order valence-corrected chi connectivity index (χ0v) is 15.3. The average Bonchev–Trinajstić information content (AvgIpc) is 3.06. The highest BCUT2D eigenvalue weighted by Crippen LogP contribution is 2.33. The monoisotopic (exact) mass is 351 g/mol. The molecule has 0 atom stereocenters. The minimum Gasteiger partial charge on any atom is -0.399 e. The number of likely N-dealkylation sites (tertiary alicyclic amines) is 1. The van der Waals surface area contributed by atoms with Crippen molar-refractivity contribution in [2.45, 2.75) is 32.1 Å². The maximum absolute atomic E-state index is 13.6. The second-order valence-electron chi connectivity index (χ2n) is 7.49. The first kappa shape index (κ1) is 17.1. The first-order valence-corrected chi connectivity index (χ1v) is 9.44. The fraction of sp³-hybridized carbons (Fsp3) is 0.364. The maximum atomic E-state index is 13.6. The molecular formula is C22H26FN3.